The number of carbonyl (C=O) groups is 1. The lowest BCUT2D eigenvalue weighted by atomic mass is 9.85. The van der Waals surface area contributed by atoms with Gasteiger partial charge in [-0.3, -0.25) is 4.79 Å². The molecule has 1 saturated carbocycles. The molecule has 24 heavy (non-hydrogen) atoms. The van der Waals surface area contributed by atoms with Gasteiger partial charge in [0, 0.05) is 11.6 Å². The Kier molecular flexibility index (Phi) is 5.54. The third-order valence-corrected chi connectivity index (χ3v) is 5.60. The number of benzene rings is 1. The first kappa shape index (κ1) is 18.7. The number of sulfonamides is 1. The predicted octanol–water partition coefficient (Wildman–Crippen LogP) is 2.45. The van der Waals surface area contributed by atoms with Crippen LogP contribution in [0, 0.1) is 5.92 Å². The molecule has 1 aliphatic carbocycles. The zero-order chi connectivity index (χ0) is 18.0. The normalized spacial score (nSPS) is 22.2. The molecule has 2 atom stereocenters. The molecule has 1 aromatic rings. The van der Waals surface area contributed by atoms with E-state index in [1.165, 1.54) is 31.3 Å². The maximum absolute atomic E-state index is 12.8. The number of nitrogens with one attached hydrogen (secondary N) is 2. The number of hydrogen-bond acceptors (Lipinski definition) is 3. The van der Waals surface area contributed by atoms with Gasteiger partial charge in [0.1, 0.15) is 0 Å². The van der Waals surface area contributed by atoms with Gasteiger partial charge in [0.25, 0.3) is 5.91 Å². The zero-order valence-corrected chi connectivity index (χ0v) is 13.9. The Morgan fingerprint density at radius 3 is 2.33 bits per heavy atom. The van der Waals surface area contributed by atoms with Crippen LogP contribution in [-0.2, 0) is 10.0 Å². The lowest BCUT2D eigenvalue weighted by molar-refractivity contribution is -0.183. The van der Waals surface area contributed by atoms with E-state index in [-0.39, 0.29) is 23.3 Å². The average Bonchev–Trinajstić information content (AvgIpc) is 2.54. The Hall–Kier alpha value is -1.61. The molecule has 2 N–H and O–H groups in total. The second-order valence-electron chi connectivity index (χ2n) is 5.81. The Bertz CT molecular complexity index is 687. The van der Waals surface area contributed by atoms with E-state index in [0.29, 0.717) is 12.8 Å². The third-order valence-electron chi connectivity index (χ3n) is 4.17. The summed E-state index contributed by atoms with van der Waals surface area (Å²) in [5, 5.41) is 2.61. The SMILES string of the molecule is CNS(=O)(=O)c1ccc(C(=O)N[C@H]2CCC[C@@H](C(F)(F)F)C2)cc1. The summed E-state index contributed by atoms with van der Waals surface area (Å²) in [7, 11) is -2.32. The summed E-state index contributed by atoms with van der Waals surface area (Å²) in [6, 6.07) is 4.70. The van der Waals surface area contributed by atoms with E-state index in [1.807, 2.05) is 0 Å². The summed E-state index contributed by atoms with van der Waals surface area (Å²) in [6.45, 7) is 0. The van der Waals surface area contributed by atoms with Gasteiger partial charge in [-0.1, -0.05) is 6.42 Å². The molecule has 2 rings (SSSR count). The van der Waals surface area contributed by atoms with Crippen LogP contribution in [0.2, 0.25) is 0 Å². The average molecular weight is 364 g/mol. The first-order chi connectivity index (χ1) is 11.1. The maximum atomic E-state index is 12.8. The fraction of sp³-hybridized carbons (Fsp3) is 0.533. The van der Waals surface area contributed by atoms with E-state index in [0.717, 1.165) is 0 Å². The second kappa shape index (κ2) is 7.10. The Morgan fingerprint density at radius 2 is 1.79 bits per heavy atom. The Morgan fingerprint density at radius 1 is 1.17 bits per heavy atom. The van der Waals surface area contributed by atoms with Crippen molar-refractivity contribution in [2.45, 2.75) is 42.8 Å². The molecule has 0 bridgehead atoms. The highest BCUT2D eigenvalue weighted by atomic mass is 32.2. The Labute approximate surface area is 138 Å². The smallest absolute Gasteiger partial charge is 0.349 e. The third kappa shape index (κ3) is 4.47. The first-order valence-corrected chi connectivity index (χ1v) is 9.03. The monoisotopic (exact) mass is 364 g/mol. The summed E-state index contributed by atoms with van der Waals surface area (Å²) < 4.78 is 63.7. The van der Waals surface area contributed by atoms with Crippen LogP contribution < -0.4 is 10.0 Å². The van der Waals surface area contributed by atoms with Gasteiger partial charge in [-0.05, 0) is 50.6 Å². The van der Waals surface area contributed by atoms with Crippen molar-refractivity contribution in [1.29, 1.82) is 0 Å². The van der Waals surface area contributed by atoms with Crippen molar-refractivity contribution in [3.05, 3.63) is 29.8 Å². The zero-order valence-electron chi connectivity index (χ0n) is 13.1. The van der Waals surface area contributed by atoms with Crippen LogP contribution in [0.5, 0.6) is 0 Å². The molecule has 0 radical (unpaired) electrons. The summed E-state index contributed by atoms with van der Waals surface area (Å²) >= 11 is 0. The van der Waals surface area contributed by atoms with E-state index in [4.69, 9.17) is 0 Å². The van der Waals surface area contributed by atoms with E-state index in [2.05, 4.69) is 10.0 Å². The van der Waals surface area contributed by atoms with Gasteiger partial charge in [-0.2, -0.15) is 13.2 Å². The highest BCUT2D eigenvalue weighted by Crippen LogP contribution is 2.37. The Balaban J connectivity index is 2.02. The van der Waals surface area contributed by atoms with Crippen molar-refractivity contribution in [3.8, 4) is 0 Å². The summed E-state index contributed by atoms with van der Waals surface area (Å²) in [5.74, 6) is -1.89. The van der Waals surface area contributed by atoms with Crippen LogP contribution in [-0.4, -0.2) is 33.6 Å². The van der Waals surface area contributed by atoms with Crippen LogP contribution in [0.4, 0.5) is 13.2 Å². The van der Waals surface area contributed by atoms with Crippen molar-refractivity contribution in [3.63, 3.8) is 0 Å². The van der Waals surface area contributed by atoms with Crippen LogP contribution >= 0.6 is 0 Å². The standard InChI is InChI=1S/C15H19F3N2O3S/c1-19-24(22,23)13-7-5-10(6-8-13)14(21)20-12-4-2-3-11(9-12)15(16,17)18/h5-8,11-12,19H,2-4,9H2,1H3,(H,20,21)/t11-,12+/m1/s1. The second-order valence-corrected chi connectivity index (χ2v) is 7.69. The molecule has 5 nitrogen and oxygen atoms in total. The molecule has 0 unspecified atom stereocenters. The topological polar surface area (TPSA) is 75.3 Å². The van der Waals surface area contributed by atoms with Gasteiger partial charge < -0.3 is 5.32 Å². The van der Waals surface area contributed by atoms with Crippen LogP contribution in [0.15, 0.2) is 29.2 Å². The van der Waals surface area contributed by atoms with Gasteiger partial charge in [-0.15, -0.1) is 0 Å². The number of alkyl halides is 3. The highest BCUT2D eigenvalue weighted by Gasteiger charge is 2.42. The van der Waals surface area contributed by atoms with Crippen molar-refractivity contribution in [2.75, 3.05) is 7.05 Å². The molecule has 0 saturated heterocycles. The molecule has 1 aliphatic rings. The van der Waals surface area contributed by atoms with Crippen molar-refractivity contribution in [2.24, 2.45) is 5.92 Å². The molecule has 0 spiro atoms. The van der Waals surface area contributed by atoms with Gasteiger partial charge in [0.2, 0.25) is 10.0 Å². The van der Waals surface area contributed by atoms with Gasteiger partial charge >= 0.3 is 6.18 Å². The molecule has 0 heterocycles. The fourth-order valence-corrected chi connectivity index (χ4v) is 3.52. The van der Waals surface area contributed by atoms with Crippen molar-refractivity contribution in [1.82, 2.24) is 10.0 Å². The lowest BCUT2D eigenvalue weighted by Gasteiger charge is -2.31. The van der Waals surface area contributed by atoms with E-state index in [9.17, 15) is 26.4 Å². The maximum Gasteiger partial charge on any atom is 0.391 e. The lowest BCUT2D eigenvalue weighted by Crippen LogP contribution is -2.41. The number of rotatable bonds is 4. The largest absolute Gasteiger partial charge is 0.391 e. The minimum atomic E-state index is -4.24. The minimum Gasteiger partial charge on any atom is -0.349 e. The highest BCUT2D eigenvalue weighted by molar-refractivity contribution is 7.89. The number of hydrogen-bond donors (Lipinski definition) is 2. The molecular formula is C15H19F3N2O3S. The molecule has 1 aromatic carbocycles. The van der Waals surface area contributed by atoms with E-state index in [1.54, 1.807) is 0 Å². The van der Waals surface area contributed by atoms with Gasteiger partial charge in [-0.25, -0.2) is 13.1 Å². The molecule has 9 heteroatoms. The molecular weight excluding hydrogens is 345 g/mol. The molecule has 0 aliphatic heterocycles. The quantitative estimate of drug-likeness (QED) is 0.862. The molecule has 1 amide bonds. The first-order valence-electron chi connectivity index (χ1n) is 7.54. The molecule has 134 valence electrons. The molecule has 0 aromatic heterocycles. The summed E-state index contributed by atoms with van der Waals surface area (Å²) in [4.78, 5) is 12.2. The van der Waals surface area contributed by atoms with Gasteiger partial charge in [0.05, 0.1) is 10.8 Å². The van der Waals surface area contributed by atoms with E-state index < -0.39 is 34.1 Å². The predicted molar refractivity (Wildman–Crippen MR) is 82.0 cm³/mol. The number of amides is 1. The van der Waals surface area contributed by atoms with Crippen LogP contribution in [0.25, 0.3) is 0 Å². The number of halogens is 3. The van der Waals surface area contributed by atoms with Gasteiger partial charge in [0.15, 0.2) is 0 Å². The summed E-state index contributed by atoms with van der Waals surface area (Å²) in [6.07, 6.45) is -3.36. The van der Waals surface area contributed by atoms with Crippen molar-refractivity contribution >= 4 is 15.9 Å². The van der Waals surface area contributed by atoms with E-state index >= 15 is 0 Å². The fourth-order valence-electron chi connectivity index (χ4n) is 2.79. The van der Waals surface area contributed by atoms with Crippen LogP contribution in [0.1, 0.15) is 36.0 Å². The van der Waals surface area contributed by atoms with Crippen LogP contribution in [0.3, 0.4) is 0 Å². The number of carbonyl (C=O) groups excluding carboxylic acids is 1. The van der Waals surface area contributed by atoms with Crippen molar-refractivity contribution < 1.29 is 26.4 Å². The minimum absolute atomic E-state index is 0.0105. The summed E-state index contributed by atoms with van der Waals surface area (Å²) in [5.41, 5.74) is 0.208. The molecule has 1 fully saturated rings.